The van der Waals surface area contributed by atoms with E-state index in [9.17, 15) is 9.18 Å². The quantitative estimate of drug-likeness (QED) is 0.565. The molecule has 0 spiro atoms. The van der Waals surface area contributed by atoms with Crippen LogP contribution < -0.4 is 9.64 Å². The first-order chi connectivity index (χ1) is 17.8. The summed E-state index contributed by atoms with van der Waals surface area (Å²) in [4.78, 5) is 37.7. The van der Waals surface area contributed by atoms with Crippen LogP contribution in [0.1, 0.15) is 25.3 Å². The van der Waals surface area contributed by atoms with Gasteiger partial charge in [-0.15, -0.1) is 0 Å². The molecule has 2 saturated heterocycles. The number of hydrogen-bond acceptors (Lipinski definition) is 6. The normalized spacial score (nSPS) is 16.5. The van der Waals surface area contributed by atoms with E-state index < -0.39 is 11.9 Å². The van der Waals surface area contributed by atoms with E-state index in [4.69, 9.17) is 24.5 Å². The highest BCUT2D eigenvalue weighted by atomic mass is 19.1. The fourth-order valence-electron chi connectivity index (χ4n) is 4.64. The molecular weight excluding hydrogens is 481 g/mol. The van der Waals surface area contributed by atoms with Gasteiger partial charge in [-0.25, -0.2) is 14.0 Å². The van der Waals surface area contributed by atoms with Gasteiger partial charge in [-0.2, -0.15) is 0 Å². The van der Waals surface area contributed by atoms with E-state index in [1.54, 1.807) is 6.07 Å². The summed E-state index contributed by atoms with van der Waals surface area (Å²) in [5.74, 6) is -2.53. The van der Waals surface area contributed by atoms with Gasteiger partial charge < -0.3 is 24.7 Å². The minimum absolute atomic E-state index is 0.0957. The highest BCUT2D eigenvalue weighted by Crippen LogP contribution is 2.26. The number of aliphatic carboxylic acids is 2. The van der Waals surface area contributed by atoms with Gasteiger partial charge in [0.15, 0.2) is 0 Å². The maximum atomic E-state index is 14.0. The zero-order valence-corrected chi connectivity index (χ0v) is 21.0. The Balaban J connectivity index is 0.000000568. The van der Waals surface area contributed by atoms with Gasteiger partial charge in [0.25, 0.3) is 0 Å². The lowest BCUT2D eigenvalue weighted by atomic mass is 9.94. The van der Waals surface area contributed by atoms with Crippen molar-refractivity contribution in [3.8, 4) is 5.75 Å². The molecule has 37 heavy (non-hydrogen) atoms. The number of piperidine rings is 1. The molecule has 2 aromatic rings. The second-order valence-electron chi connectivity index (χ2n) is 8.97. The minimum atomic E-state index is -1.82. The number of ether oxygens (including phenoxy) is 1. The number of benzene rings is 2. The number of anilines is 1. The molecule has 2 aliphatic rings. The number of likely N-dealkylation sites (tertiary alicyclic amines) is 1. The number of para-hydroxylation sites is 2. The molecule has 2 N–H and O–H groups in total. The summed E-state index contributed by atoms with van der Waals surface area (Å²) in [5, 5.41) is 14.8. The third kappa shape index (κ3) is 7.91. The lowest BCUT2D eigenvalue weighted by Crippen LogP contribution is -2.51. The topological polar surface area (TPSA) is 111 Å². The molecule has 0 aliphatic carbocycles. The zero-order chi connectivity index (χ0) is 26.8. The van der Waals surface area contributed by atoms with Crippen LogP contribution in [0.2, 0.25) is 0 Å². The van der Waals surface area contributed by atoms with Gasteiger partial charge in [0.2, 0.25) is 5.91 Å². The van der Waals surface area contributed by atoms with E-state index in [-0.39, 0.29) is 17.6 Å². The predicted octanol–water partition coefficient (Wildman–Crippen LogP) is 2.94. The molecule has 0 saturated carbocycles. The molecular formula is C27H34FN3O6. The predicted molar refractivity (Wildman–Crippen MR) is 136 cm³/mol. The number of amides is 1. The Morgan fingerprint density at radius 1 is 0.892 bits per heavy atom. The molecule has 9 nitrogen and oxygen atoms in total. The number of carboxylic acid groups (broad SMARTS) is 2. The molecule has 2 aliphatic heterocycles. The van der Waals surface area contributed by atoms with E-state index in [2.05, 4.69) is 17.0 Å². The molecule has 1 amide bonds. The third-order valence-electron chi connectivity index (χ3n) is 6.57. The summed E-state index contributed by atoms with van der Waals surface area (Å²) in [6, 6.07) is 15.1. The van der Waals surface area contributed by atoms with E-state index in [0.29, 0.717) is 38.5 Å². The summed E-state index contributed by atoms with van der Waals surface area (Å²) in [6.07, 6.45) is 1.78. The number of hydrogen-bond donors (Lipinski definition) is 2. The number of rotatable bonds is 6. The van der Waals surface area contributed by atoms with Crippen LogP contribution in [0.4, 0.5) is 10.1 Å². The average molecular weight is 516 g/mol. The number of halogens is 1. The number of carbonyl (C=O) groups excluding carboxylic acids is 1. The summed E-state index contributed by atoms with van der Waals surface area (Å²) in [6.45, 7) is 8.06. The molecule has 2 heterocycles. The van der Waals surface area contributed by atoms with Crippen molar-refractivity contribution >= 4 is 23.5 Å². The van der Waals surface area contributed by atoms with Gasteiger partial charge in [-0.3, -0.25) is 9.69 Å². The van der Waals surface area contributed by atoms with Gasteiger partial charge in [-0.1, -0.05) is 30.3 Å². The van der Waals surface area contributed by atoms with Gasteiger partial charge in [0.05, 0.1) is 12.3 Å². The fraction of sp³-hybridized carbons (Fsp3) is 0.444. The van der Waals surface area contributed by atoms with Crippen LogP contribution in [0.5, 0.6) is 5.75 Å². The van der Waals surface area contributed by atoms with Crippen molar-refractivity contribution in [1.82, 2.24) is 9.80 Å². The molecule has 4 rings (SSSR count). The van der Waals surface area contributed by atoms with Crippen LogP contribution in [0, 0.1) is 11.7 Å². The summed E-state index contributed by atoms with van der Waals surface area (Å²) in [5.41, 5.74) is 1.84. The summed E-state index contributed by atoms with van der Waals surface area (Å²) in [7, 11) is 0. The standard InChI is InChI=1S/C25H32FN3O2.C2H2O4/c1-2-31-24-10-6-3-7-21(24)19-27-13-11-20(12-14-27)25(30)29-17-15-28(16-18-29)23-9-5-4-8-22(23)26;3-1(4)2(5)6/h3-10,20H,2,11-19H2,1H3;(H,3,4)(H,5,6). The van der Waals surface area contributed by atoms with E-state index in [0.717, 1.165) is 38.2 Å². The number of carboxylic acids is 2. The van der Waals surface area contributed by atoms with Crippen molar-refractivity contribution in [2.24, 2.45) is 5.92 Å². The highest BCUT2D eigenvalue weighted by molar-refractivity contribution is 6.27. The van der Waals surface area contributed by atoms with Crippen molar-refractivity contribution in [3.05, 3.63) is 59.9 Å². The molecule has 0 atom stereocenters. The van der Waals surface area contributed by atoms with Gasteiger partial charge >= 0.3 is 11.9 Å². The van der Waals surface area contributed by atoms with Crippen molar-refractivity contribution in [1.29, 1.82) is 0 Å². The smallest absolute Gasteiger partial charge is 0.414 e. The highest BCUT2D eigenvalue weighted by Gasteiger charge is 2.31. The third-order valence-corrected chi connectivity index (χ3v) is 6.57. The Morgan fingerprint density at radius 3 is 2.08 bits per heavy atom. The molecule has 0 unspecified atom stereocenters. The molecule has 200 valence electrons. The van der Waals surface area contributed by atoms with Crippen molar-refractivity contribution in [2.75, 3.05) is 50.8 Å². The Morgan fingerprint density at radius 2 is 1.49 bits per heavy atom. The van der Waals surface area contributed by atoms with Crippen molar-refractivity contribution in [2.45, 2.75) is 26.3 Å². The first-order valence-corrected chi connectivity index (χ1v) is 12.5. The Hall–Kier alpha value is -3.66. The second-order valence-corrected chi connectivity index (χ2v) is 8.97. The summed E-state index contributed by atoms with van der Waals surface area (Å²) < 4.78 is 19.8. The lowest BCUT2D eigenvalue weighted by Gasteiger charge is -2.39. The minimum Gasteiger partial charge on any atom is -0.494 e. The maximum Gasteiger partial charge on any atom is 0.414 e. The van der Waals surface area contributed by atoms with Crippen molar-refractivity contribution < 1.29 is 33.7 Å². The molecule has 2 aromatic carbocycles. The fourth-order valence-corrected chi connectivity index (χ4v) is 4.64. The SMILES string of the molecule is CCOc1ccccc1CN1CCC(C(=O)N2CCN(c3ccccc3F)CC2)CC1.O=C(O)C(=O)O. The van der Waals surface area contributed by atoms with Crippen molar-refractivity contribution in [3.63, 3.8) is 0 Å². The first-order valence-electron chi connectivity index (χ1n) is 12.5. The van der Waals surface area contributed by atoms with Crippen LogP contribution in [0.3, 0.4) is 0 Å². The molecule has 0 aromatic heterocycles. The molecule has 2 fully saturated rings. The Kier molecular flexibility index (Phi) is 10.3. The first kappa shape index (κ1) is 27.9. The van der Waals surface area contributed by atoms with E-state index in [1.807, 2.05) is 41.0 Å². The van der Waals surface area contributed by atoms with Gasteiger partial charge in [-0.05, 0) is 51.1 Å². The zero-order valence-electron chi connectivity index (χ0n) is 21.0. The number of carbonyl (C=O) groups is 3. The van der Waals surface area contributed by atoms with Gasteiger partial charge in [0, 0.05) is 44.2 Å². The number of piperazine rings is 1. The van der Waals surface area contributed by atoms with E-state index in [1.165, 1.54) is 11.6 Å². The molecule has 0 radical (unpaired) electrons. The van der Waals surface area contributed by atoms with Crippen LogP contribution in [-0.4, -0.2) is 83.7 Å². The lowest BCUT2D eigenvalue weighted by molar-refractivity contribution is -0.159. The van der Waals surface area contributed by atoms with Crippen LogP contribution in [-0.2, 0) is 20.9 Å². The van der Waals surface area contributed by atoms with Crippen LogP contribution >= 0.6 is 0 Å². The second kappa shape index (κ2) is 13.6. The summed E-state index contributed by atoms with van der Waals surface area (Å²) >= 11 is 0. The Bertz CT molecular complexity index is 1050. The van der Waals surface area contributed by atoms with Crippen LogP contribution in [0.15, 0.2) is 48.5 Å². The van der Waals surface area contributed by atoms with Gasteiger partial charge in [0.1, 0.15) is 11.6 Å². The van der Waals surface area contributed by atoms with E-state index >= 15 is 0 Å². The Labute approximate surface area is 216 Å². The number of nitrogens with zero attached hydrogens (tertiary/aromatic N) is 3. The molecule has 0 bridgehead atoms. The average Bonchev–Trinajstić information content (AvgIpc) is 2.91. The van der Waals surface area contributed by atoms with Crippen LogP contribution in [0.25, 0.3) is 0 Å². The maximum absolute atomic E-state index is 14.0. The molecule has 10 heteroatoms. The largest absolute Gasteiger partial charge is 0.494 e. The monoisotopic (exact) mass is 515 g/mol.